The summed E-state index contributed by atoms with van der Waals surface area (Å²) in [6.45, 7) is 0.875. The molecule has 0 fully saturated rings. The van der Waals surface area contributed by atoms with Crippen molar-refractivity contribution in [2.45, 2.75) is 13.0 Å². The van der Waals surface area contributed by atoms with Crippen molar-refractivity contribution in [3.05, 3.63) is 53.6 Å². The molecule has 2 N–H and O–H groups in total. The van der Waals surface area contributed by atoms with Crippen molar-refractivity contribution in [3.8, 4) is 10.6 Å². The molecule has 0 spiro atoms. The van der Waals surface area contributed by atoms with Gasteiger partial charge in [-0.25, -0.2) is 14.8 Å². The molecular formula is C16H18N6OS. The van der Waals surface area contributed by atoms with Crippen LogP contribution in [0, 0.1) is 0 Å². The van der Waals surface area contributed by atoms with Crippen molar-refractivity contribution in [1.82, 2.24) is 30.4 Å². The molecule has 0 bridgehead atoms. The number of carbonyl (C=O) groups is 1. The predicted octanol–water partition coefficient (Wildman–Crippen LogP) is 1.98. The second kappa shape index (κ2) is 7.69. The zero-order chi connectivity index (χ0) is 16.8. The van der Waals surface area contributed by atoms with Gasteiger partial charge in [0.05, 0.1) is 12.2 Å². The SMILES string of the molecule is Cn1ncnc1CNC(=O)NCCc1csc(-c2ccccc2)n1. The minimum absolute atomic E-state index is 0.225. The lowest BCUT2D eigenvalue weighted by molar-refractivity contribution is 0.240. The maximum absolute atomic E-state index is 11.8. The molecule has 0 aliphatic carbocycles. The molecule has 0 aliphatic rings. The molecular weight excluding hydrogens is 324 g/mol. The van der Waals surface area contributed by atoms with Crippen molar-refractivity contribution in [2.24, 2.45) is 7.05 Å². The Morgan fingerprint density at radius 1 is 1.25 bits per heavy atom. The monoisotopic (exact) mass is 342 g/mol. The minimum atomic E-state index is -0.225. The van der Waals surface area contributed by atoms with Gasteiger partial charge in [0, 0.05) is 31.0 Å². The van der Waals surface area contributed by atoms with E-state index in [2.05, 4.69) is 25.7 Å². The fourth-order valence-electron chi connectivity index (χ4n) is 2.14. The molecule has 0 atom stereocenters. The van der Waals surface area contributed by atoms with Gasteiger partial charge in [-0.15, -0.1) is 11.3 Å². The number of aryl methyl sites for hydroxylation is 1. The Morgan fingerprint density at radius 2 is 2.08 bits per heavy atom. The lowest BCUT2D eigenvalue weighted by Crippen LogP contribution is -2.36. The summed E-state index contributed by atoms with van der Waals surface area (Å²) in [6.07, 6.45) is 2.15. The molecule has 2 amide bonds. The number of urea groups is 1. The van der Waals surface area contributed by atoms with Crippen LogP contribution in [-0.2, 0) is 20.0 Å². The average Bonchev–Trinajstić information content (AvgIpc) is 3.23. The molecule has 3 aromatic rings. The number of hydrogen-bond donors (Lipinski definition) is 2. The number of hydrogen-bond acceptors (Lipinski definition) is 5. The van der Waals surface area contributed by atoms with Crippen LogP contribution in [0.5, 0.6) is 0 Å². The minimum Gasteiger partial charge on any atom is -0.338 e. The van der Waals surface area contributed by atoms with Crippen LogP contribution in [-0.4, -0.2) is 32.3 Å². The van der Waals surface area contributed by atoms with Crippen molar-refractivity contribution in [3.63, 3.8) is 0 Å². The summed E-state index contributed by atoms with van der Waals surface area (Å²) >= 11 is 1.61. The molecule has 3 rings (SSSR count). The average molecular weight is 342 g/mol. The maximum Gasteiger partial charge on any atom is 0.315 e. The zero-order valence-electron chi connectivity index (χ0n) is 13.3. The summed E-state index contributed by atoms with van der Waals surface area (Å²) in [6, 6.07) is 9.85. The molecule has 7 nitrogen and oxygen atoms in total. The van der Waals surface area contributed by atoms with E-state index in [1.54, 1.807) is 23.1 Å². The summed E-state index contributed by atoms with van der Waals surface area (Å²) < 4.78 is 1.63. The molecule has 2 aromatic heterocycles. The molecule has 0 saturated carbocycles. The van der Waals surface area contributed by atoms with E-state index in [4.69, 9.17) is 0 Å². The smallest absolute Gasteiger partial charge is 0.315 e. The van der Waals surface area contributed by atoms with Gasteiger partial charge in [-0.05, 0) is 0 Å². The Balaban J connectivity index is 1.42. The fourth-order valence-corrected chi connectivity index (χ4v) is 3.00. The Labute approximate surface area is 143 Å². The van der Waals surface area contributed by atoms with Crippen molar-refractivity contribution >= 4 is 17.4 Å². The van der Waals surface area contributed by atoms with Crippen LogP contribution < -0.4 is 10.6 Å². The topological polar surface area (TPSA) is 84.7 Å². The summed E-state index contributed by atoms with van der Waals surface area (Å²) in [4.78, 5) is 20.4. The van der Waals surface area contributed by atoms with Gasteiger partial charge in [0.1, 0.15) is 17.2 Å². The van der Waals surface area contributed by atoms with Crippen molar-refractivity contribution < 1.29 is 4.79 Å². The van der Waals surface area contributed by atoms with E-state index in [9.17, 15) is 4.79 Å². The van der Waals surface area contributed by atoms with Crippen LogP contribution in [0.25, 0.3) is 10.6 Å². The van der Waals surface area contributed by atoms with Gasteiger partial charge in [0.25, 0.3) is 0 Å². The largest absolute Gasteiger partial charge is 0.338 e. The van der Waals surface area contributed by atoms with E-state index < -0.39 is 0 Å². The van der Waals surface area contributed by atoms with Crippen LogP contribution in [0.1, 0.15) is 11.5 Å². The van der Waals surface area contributed by atoms with E-state index in [0.29, 0.717) is 25.3 Å². The summed E-state index contributed by atoms with van der Waals surface area (Å²) in [7, 11) is 1.79. The molecule has 0 aliphatic heterocycles. The number of amides is 2. The van der Waals surface area contributed by atoms with Crippen LogP contribution in [0.15, 0.2) is 42.0 Å². The van der Waals surface area contributed by atoms with E-state index in [-0.39, 0.29) is 6.03 Å². The number of aromatic nitrogens is 4. The summed E-state index contributed by atoms with van der Waals surface area (Å²) in [5.41, 5.74) is 2.09. The first-order valence-electron chi connectivity index (χ1n) is 7.57. The van der Waals surface area contributed by atoms with Crippen molar-refractivity contribution in [1.29, 1.82) is 0 Å². The van der Waals surface area contributed by atoms with Gasteiger partial charge in [-0.2, -0.15) is 5.10 Å². The molecule has 0 saturated heterocycles. The summed E-state index contributed by atoms with van der Waals surface area (Å²) in [5, 5.41) is 12.5. The third kappa shape index (κ3) is 4.17. The molecule has 124 valence electrons. The normalized spacial score (nSPS) is 10.5. The molecule has 1 aromatic carbocycles. The number of thiazole rings is 1. The standard InChI is InChI=1S/C16H18N6OS/c1-22-14(19-11-20-22)9-18-16(23)17-8-7-13-10-24-15(21-13)12-5-3-2-4-6-12/h2-6,10-11H,7-9H2,1H3,(H2,17,18,23). The molecule has 8 heteroatoms. The first-order valence-corrected chi connectivity index (χ1v) is 8.45. The van der Waals surface area contributed by atoms with Crippen LogP contribution in [0.3, 0.4) is 0 Å². The highest BCUT2D eigenvalue weighted by atomic mass is 32.1. The molecule has 2 heterocycles. The molecule has 0 unspecified atom stereocenters. The highest BCUT2D eigenvalue weighted by molar-refractivity contribution is 7.13. The summed E-state index contributed by atoms with van der Waals surface area (Å²) in [5.74, 6) is 0.706. The highest BCUT2D eigenvalue weighted by Crippen LogP contribution is 2.23. The molecule has 0 radical (unpaired) electrons. The van der Waals surface area contributed by atoms with Gasteiger partial charge in [-0.1, -0.05) is 30.3 Å². The first kappa shape index (κ1) is 16.1. The van der Waals surface area contributed by atoms with Gasteiger partial charge >= 0.3 is 6.03 Å². The highest BCUT2D eigenvalue weighted by Gasteiger charge is 2.06. The zero-order valence-corrected chi connectivity index (χ0v) is 14.1. The van der Waals surface area contributed by atoms with Crippen LogP contribution in [0.2, 0.25) is 0 Å². The van der Waals surface area contributed by atoms with E-state index in [1.165, 1.54) is 6.33 Å². The van der Waals surface area contributed by atoms with Gasteiger partial charge in [-0.3, -0.25) is 4.68 Å². The van der Waals surface area contributed by atoms with Crippen LogP contribution >= 0.6 is 11.3 Å². The lowest BCUT2D eigenvalue weighted by Gasteiger charge is -2.06. The van der Waals surface area contributed by atoms with Gasteiger partial charge in [0.15, 0.2) is 0 Å². The number of carbonyl (C=O) groups excluding carboxylic acids is 1. The lowest BCUT2D eigenvalue weighted by atomic mass is 10.2. The number of rotatable bonds is 6. The van der Waals surface area contributed by atoms with Gasteiger partial charge < -0.3 is 10.6 Å². The first-order chi connectivity index (χ1) is 11.7. The van der Waals surface area contributed by atoms with E-state index in [1.807, 2.05) is 35.7 Å². The molecule has 24 heavy (non-hydrogen) atoms. The van der Waals surface area contributed by atoms with Gasteiger partial charge in [0.2, 0.25) is 0 Å². The third-order valence-electron chi connectivity index (χ3n) is 3.45. The maximum atomic E-state index is 11.8. The number of nitrogens with one attached hydrogen (secondary N) is 2. The Hall–Kier alpha value is -2.74. The fraction of sp³-hybridized carbons (Fsp3) is 0.250. The number of nitrogens with zero attached hydrogens (tertiary/aromatic N) is 4. The Kier molecular flexibility index (Phi) is 5.17. The van der Waals surface area contributed by atoms with Crippen molar-refractivity contribution in [2.75, 3.05) is 6.54 Å². The van der Waals surface area contributed by atoms with E-state index in [0.717, 1.165) is 16.3 Å². The Bertz CT molecular complexity index is 798. The number of benzene rings is 1. The quantitative estimate of drug-likeness (QED) is 0.717. The van der Waals surface area contributed by atoms with E-state index >= 15 is 0 Å². The third-order valence-corrected chi connectivity index (χ3v) is 4.39. The second-order valence-electron chi connectivity index (χ2n) is 5.17. The Morgan fingerprint density at radius 3 is 2.83 bits per heavy atom. The predicted molar refractivity (Wildman–Crippen MR) is 92.5 cm³/mol. The second-order valence-corrected chi connectivity index (χ2v) is 6.03. The van der Waals surface area contributed by atoms with Crippen LogP contribution in [0.4, 0.5) is 4.79 Å².